The van der Waals surface area contributed by atoms with E-state index < -0.39 is 30.5 Å². The lowest BCUT2D eigenvalue weighted by atomic mass is 10.0. The van der Waals surface area contributed by atoms with Gasteiger partial charge >= 0.3 is 11.9 Å². The molecule has 0 radical (unpaired) electrons. The van der Waals surface area contributed by atoms with Crippen molar-refractivity contribution in [2.75, 3.05) is 0 Å². The van der Waals surface area contributed by atoms with Crippen molar-refractivity contribution in [3.8, 4) is 11.3 Å². The molecule has 0 aliphatic rings. The van der Waals surface area contributed by atoms with E-state index >= 15 is 0 Å². The molecule has 0 aliphatic carbocycles. The molecule has 0 aliphatic heterocycles. The van der Waals surface area contributed by atoms with Crippen LogP contribution >= 0.6 is 0 Å². The third-order valence-corrected chi connectivity index (χ3v) is 3.92. The van der Waals surface area contributed by atoms with Crippen LogP contribution in [0.15, 0.2) is 45.6 Å². The Balaban J connectivity index is 2.35. The number of aliphatic carboxylic acids is 2. The molecule has 0 bridgehead atoms. The Morgan fingerprint density at radius 2 is 1.80 bits per heavy atom. The number of hydrogen-bond acceptors (Lipinski definition) is 4. The summed E-state index contributed by atoms with van der Waals surface area (Å²) < 4.78 is 6.88. The van der Waals surface area contributed by atoms with E-state index in [1.165, 1.54) is 0 Å². The number of pyridine rings is 1. The van der Waals surface area contributed by atoms with E-state index in [0.29, 0.717) is 17.0 Å². The first-order valence-corrected chi connectivity index (χ1v) is 7.53. The van der Waals surface area contributed by atoms with Crippen LogP contribution in [0.1, 0.15) is 11.3 Å². The van der Waals surface area contributed by atoms with Gasteiger partial charge in [0.1, 0.15) is 17.9 Å². The predicted molar refractivity (Wildman–Crippen MR) is 89.6 cm³/mol. The first-order valence-electron chi connectivity index (χ1n) is 7.53. The Labute approximate surface area is 141 Å². The first kappa shape index (κ1) is 16.5. The number of carboxylic acid groups (broad SMARTS) is 2. The van der Waals surface area contributed by atoms with Crippen molar-refractivity contribution in [2.24, 2.45) is 0 Å². The number of aromatic nitrogens is 1. The zero-order valence-corrected chi connectivity index (χ0v) is 13.4. The number of hydrogen-bond donors (Lipinski definition) is 2. The molecule has 2 aromatic heterocycles. The molecule has 1 aromatic carbocycles. The number of furan rings is 1. The number of carbonyl (C=O) groups is 2. The number of fused-ring (bicyclic) bond motifs is 1. The highest BCUT2D eigenvalue weighted by Gasteiger charge is 2.23. The van der Waals surface area contributed by atoms with Crippen molar-refractivity contribution >= 4 is 22.9 Å². The largest absolute Gasteiger partial charge is 0.481 e. The van der Waals surface area contributed by atoms with Gasteiger partial charge in [-0.15, -0.1) is 0 Å². The Kier molecular flexibility index (Phi) is 4.14. The molecule has 0 saturated heterocycles. The molecule has 3 aromatic rings. The number of aryl methyl sites for hydroxylation is 1. The minimum atomic E-state index is -1.16. The second kappa shape index (κ2) is 6.27. The first-order chi connectivity index (χ1) is 11.9. The molecule has 3 rings (SSSR count). The number of benzene rings is 1. The van der Waals surface area contributed by atoms with E-state index in [0.717, 1.165) is 4.57 Å². The van der Waals surface area contributed by atoms with Crippen molar-refractivity contribution in [1.29, 1.82) is 0 Å². The number of rotatable bonds is 5. The van der Waals surface area contributed by atoms with Gasteiger partial charge in [0, 0.05) is 22.9 Å². The van der Waals surface area contributed by atoms with E-state index in [2.05, 4.69) is 0 Å². The highest BCUT2D eigenvalue weighted by molar-refractivity contribution is 5.91. The monoisotopic (exact) mass is 341 g/mol. The molecule has 0 fully saturated rings. The average Bonchev–Trinajstić information content (AvgIpc) is 2.89. The molecule has 0 atom stereocenters. The van der Waals surface area contributed by atoms with E-state index in [-0.39, 0.29) is 16.5 Å². The fraction of sp³-hybridized carbons (Fsp3) is 0.167. The smallest absolute Gasteiger partial charge is 0.323 e. The molecule has 0 amide bonds. The molecule has 2 heterocycles. The second-order valence-electron chi connectivity index (χ2n) is 5.66. The van der Waals surface area contributed by atoms with Crippen LogP contribution in [-0.4, -0.2) is 26.7 Å². The second-order valence-corrected chi connectivity index (χ2v) is 5.66. The van der Waals surface area contributed by atoms with Crippen LogP contribution in [0.25, 0.3) is 22.3 Å². The summed E-state index contributed by atoms with van der Waals surface area (Å²) in [4.78, 5) is 35.1. The Morgan fingerprint density at radius 3 is 2.40 bits per heavy atom. The molecular weight excluding hydrogens is 326 g/mol. The third kappa shape index (κ3) is 3.03. The van der Waals surface area contributed by atoms with Gasteiger partial charge < -0.3 is 19.2 Å². The van der Waals surface area contributed by atoms with E-state index in [4.69, 9.17) is 9.52 Å². The zero-order chi connectivity index (χ0) is 18.1. The lowest BCUT2D eigenvalue weighted by molar-refractivity contribution is -0.138. The third-order valence-electron chi connectivity index (χ3n) is 3.92. The standard InChI is InChI=1S/C18H15NO6/c1-10-7-13-16(18(24)19(10)9-15(22)23)12(8-14(20)21)17(25-13)11-5-3-2-4-6-11/h2-7H,8-9H2,1H3,(H,20,21)(H,22,23). The maximum Gasteiger partial charge on any atom is 0.323 e. The molecule has 0 unspecified atom stereocenters. The van der Waals surface area contributed by atoms with Crippen LogP contribution in [0, 0.1) is 6.92 Å². The fourth-order valence-corrected chi connectivity index (χ4v) is 2.86. The molecule has 0 saturated carbocycles. The van der Waals surface area contributed by atoms with Crippen LogP contribution in [0.5, 0.6) is 0 Å². The number of carboxylic acids is 2. The van der Waals surface area contributed by atoms with Crippen LogP contribution in [0.2, 0.25) is 0 Å². The van der Waals surface area contributed by atoms with Gasteiger partial charge in [0.05, 0.1) is 11.8 Å². The highest BCUT2D eigenvalue weighted by Crippen LogP contribution is 2.32. The van der Waals surface area contributed by atoms with Crippen LogP contribution < -0.4 is 5.56 Å². The van der Waals surface area contributed by atoms with Gasteiger partial charge in [-0.05, 0) is 6.92 Å². The summed E-state index contributed by atoms with van der Waals surface area (Å²) in [6, 6.07) is 10.4. The summed E-state index contributed by atoms with van der Waals surface area (Å²) in [5.74, 6) is -1.96. The predicted octanol–water partition coefficient (Wildman–Crippen LogP) is 2.28. The minimum Gasteiger partial charge on any atom is -0.481 e. The van der Waals surface area contributed by atoms with Crippen molar-refractivity contribution in [1.82, 2.24) is 4.57 Å². The maximum absolute atomic E-state index is 12.8. The van der Waals surface area contributed by atoms with Gasteiger partial charge in [-0.25, -0.2) is 0 Å². The van der Waals surface area contributed by atoms with Crippen molar-refractivity contribution in [3.05, 3.63) is 58.0 Å². The summed E-state index contributed by atoms with van der Waals surface area (Å²) in [7, 11) is 0. The van der Waals surface area contributed by atoms with Crippen molar-refractivity contribution in [3.63, 3.8) is 0 Å². The normalized spacial score (nSPS) is 10.9. The summed E-state index contributed by atoms with van der Waals surface area (Å²) in [6.07, 6.45) is -0.400. The van der Waals surface area contributed by atoms with Crippen LogP contribution in [-0.2, 0) is 22.6 Å². The van der Waals surface area contributed by atoms with Crippen LogP contribution in [0.3, 0.4) is 0 Å². The lowest BCUT2D eigenvalue weighted by Crippen LogP contribution is -2.26. The Bertz CT molecular complexity index is 1030. The molecule has 25 heavy (non-hydrogen) atoms. The molecular formula is C18H15NO6. The van der Waals surface area contributed by atoms with Crippen LogP contribution in [0.4, 0.5) is 0 Å². The molecule has 0 spiro atoms. The van der Waals surface area contributed by atoms with Gasteiger partial charge in [0.2, 0.25) is 0 Å². The van der Waals surface area contributed by atoms with Crippen molar-refractivity contribution in [2.45, 2.75) is 19.9 Å². The van der Waals surface area contributed by atoms with E-state index in [9.17, 15) is 19.5 Å². The molecule has 128 valence electrons. The molecule has 2 N–H and O–H groups in total. The van der Waals surface area contributed by atoms with E-state index in [1.54, 1.807) is 37.3 Å². The molecule has 7 nitrogen and oxygen atoms in total. The fourth-order valence-electron chi connectivity index (χ4n) is 2.86. The highest BCUT2D eigenvalue weighted by atomic mass is 16.4. The average molecular weight is 341 g/mol. The summed E-state index contributed by atoms with van der Waals surface area (Å²) in [5.41, 5.74) is 1.00. The van der Waals surface area contributed by atoms with Gasteiger partial charge in [-0.3, -0.25) is 14.4 Å². The van der Waals surface area contributed by atoms with Gasteiger partial charge in [0.25, 0.3) is 5.56 Å². The van der Waals surface area contributed by atoms with E-state index in [1.807, 2.05) is 6.07 Å². The molecule has 7 heteroatoms. The maximum atomic E-state index is 12.8. The summed E-state index contributed by atoms with van der Waals surface area (Å²) >= 11 is 0. The van der Waals surface area contributed by atoms with Crippen molar-refractivity contribution < 1.29 is 24.2 Å². The zero-order valence-electron chi connectivity index (χ0n) is 13.4. The summed E-state index contributed by atoms with van der Waals surface area (Å²) in [5, 5.41) is 18.3. The topological polar surface area (TPSA) is 110 Å². The van der Waals surface area contributed by atoms with Gasteiger partial charge in [-0.1, -0.05) is 30.3 Å². The van der Waals surface area contributed by atoms with Gasteiger partial charge in [0.15, 0.2) is 0 Å². The minimum absolute atomic E-state index is 0.105. The quantitative estimate of drug-likeness (QED) is 0.737. The Morgan fingerprint density at radius 1 is 1.12 bits per heavy atom. The van der Waals surface area contributed by atoms with Gasteiger partial charge in [-0.2, -0.15) is 0 Å². The summed E-state index contributed by atoms with van der Waals surface area (Å²) in [6.45, 7) is 1.10. The SMILES string of the molecule is Cc1cc2oc(-c3ccccc3)c(CC(=O)O)c2c(=O)n1CC(=O)O. The Hall–Kier alpha value is -3.35. The number of nitrogens with zero attached hydrogens (tertiary/aromatic N) is 1. The lowest BCUT2D eigenvalue weighted by Gasteiger charge is -2.07.